The van der Waals surface area contributed by atoms with Crippen LogP contribution in [0, 0.1) is 6.92 Å². The highest BCUT2D eigenvalue weighted by Crippen LogP contribution is 2.15. The van der Waals surface area contributed by atoms with Crippen LogP contribution in [-0.2, 0) is 14.3 Å². The van der Waals surface area contributed by atoms with E-state index < -0.39 is 22.9 Å². The van der Waals surface area contributed by atoms with E-state index in [2.05, 4.69) is 0 Å². The molecule has 0 saturated heterocycles. The second-order valence-electron chi connectivity index (χ2n) is 4.64. The fraction of sp³-hybridized carbons (Fsp3) is 0.571. The third kappa shape index (κ3) is 5.70. The third-order valence-corrected chi connectivity index (χ3v) is 4.13. The van der Waals surface area contributed by atoms with Crippen molar-refractivity contribution in [2.75, 3.05) is 6.61 Å². The van der Waals surface area contributed by atoms with Crippen molar-refractivity contribution in [2.45, 2.75) is 50.6 Å². The lowest BCUT2D eigenvalue weighted by Crippen LogP contribution is -2.15. The van der Waals surface area contributed by atoms with Crippen LogP contribution in [0.4, 0.5) is 4.39 Å². The zero-order valence-electron chi connectivity index (χ0n) is 11.4. The first-order valence-corrected chi connectivity index (χ1v) is 7.96. The van der Waals surface area contributed by atoms with Crippen LogP contribution in [0.2, 0.25) is 0 Å². The van der Waals surface area contributed by atoms with E-state index in [4.69, 9.17) is 4.18 Å². The van der Waals surface area contributed by atoms with Gasteiger partial charge in [-0.3, -0.25) is 4.18 Å². The van der Waals surface area contributed by atoms with Crippen LogP contribution >= 0.6 is 0 Å². The van der Waals surface area contributed by atoms with Crippen LogP contribution < -0.4 is 0 Å². The first-order valence-electron chi connectivity index (χ1n) is 6.56. The minimum absolute atomic E-state index is 0.0684. The summed E-state index contributed by atoms with van der Waals surface area (Å²) in [5, 5.41) is 0. The van der Waals surface area contributed by atoms with Crippen LogP contribution in [0.15, 0.2) is 29.2 Å². The predicted molar refractivity (Wildman–Crippen MR) is 73.4 cm³/mol. The molecule has 3 nitrogen and oxygen atoms in total. The number of rotatable bonds is 8. The summed E-state index contributed by atoms with van der Waals surface area (Å²) in [6.07, 6.45) is 1.83. The Bertz CT molecular complexity index is 468. The fourth-order valence-corrected chi connectivity index (χ4v) is 2.57. The number of hydrogen-bond donors (Lipinski definition) is 0. The molecule has 0 heterocycles. The molecule has 0 aromatic heterocycles. The van der Waals surface area contributed by atoms with E-state index in [1.807, 2.05) is 13.8 Å². The van der Waals surface area contributed by atoms with Gasteiger partial charge in [-0.1, -0.05) is 43.9 Å². The Morgan fingerprint density at radius 1 is 1.21 bits per heavy atom. The Kier molecular flexibility index (Phi) is 6.45. The lowest BCUT2D eigenvalue weighted by molar-refractivity contribution is 0.188. The normalized spacial score (nSPS) is 13.4. The summed E-state index contributed by atoms with van der Waals surface area (Å²) in [7, 11) is -3.84. The van der Waals surface area contributed by atoms with Crippen LogP contribution in [0.3, 0.4) is 0 Å². The zero-order valence-corrected chi connectivity index (χ0v) is 12.2. The van der Waals surface area contributed by atoms with Crippen molar-refractivity contribution in [3.05, 3.63) is 29.8 Å². The van der Waals surface area contributed by atoms with E-state index in [0.29, 0.717) is 6.42 Å². The van der Waals surface area contributed by atoms with Gasteiger partial charge in [-0.2, -0.15) is 8.42 Å². The average Bonchev–Trinajstić information content (AvgIpc) is 2.37. The third-order valence-electron chi connectivity index (χ3n) is 2.83. The molecule has 1 aromatic rings. The van der Waals surface area contributed by atoms with Gasteiger partial charge in [-0.25, -0.2) is 4.39 Å². The molecule has 0 amide bonds. The van der Waals surface area contributed by atoms with Crippen LogP contribution in [0.5, 0.6) is 0 Å². The van der Waals surface area contributed by atoms with E-state index in [0.717, 1.165) is 24.8 Å². The lowest BCUT2D eigenvalue weighted by atomic mass is 10.1. The van der Waals surface area contributed by atoms with Crippen molar-refractivity contribution in [1.82, 2.24) is 0 Å². The maximum absolute atomic E-state index is 13.4. The highest BCUT2D eigenvalue weighted by Gasteiger charge is 2.17. The van der Waals surface area contributed by atoms with Crippen molar-refractivity contribution in [2.24, 2.45) is 0 Å². The van der Waals surface area contributed by atoms with Gasteiger partial charge in [-0.15, -0.1) is 0 Å². The summed E-state index contributed by atoms with van der Waals surface area (Å²) in [5.74, 6) is 0. The molecular weight excluding hydrogens is 267 g/mol. The molecule has 0 radical (unpaired) electrons. The van der Waals surface area contributed by atoms with Crippen molar-refractivity contribution in [3.63, 3.8) is 0 Å². The van der Waals surface area contributed by atoms with Crippen LogP contribution in [-0.4, -0.2) is 21.2 Å². The van der Waals surface area contributed by atoms with Crippen molar-refractivity contribution >= 4 is 10.1 Å². The van der Waals surface area contributed by atoms with Gasteiger partial charge in [0.05, 0.1) is 11.5 Å². The first-order chi connectivity index (χ1) is 8.95. The summed E-state index contributed by atoms with van der Waals surface area (Å²) in [6, 6.07) is 6.30. The SMILES string of the molecule is CCCCC[C@H](F)COS(=O)(=O)c1ccc(C)cc1. The van der Waals surface area contributed by atoms with Gasteiger partial charge in [0.2, 0.25) is 0 Å². The summed E-state index contributed by atoms with van der Waals surface area (Å²) in [4.78, 5) is 0.0684. The number of hydrogen-bond acceptors (Lipinski definition) is 3. The first kappa shape index (κ1) is 16.1. The monoisotopic (exact) mass is 288 g/mol. The second kappa shape index (κ2) is 7.60. The maximum Gasteiger partial charge on any atom is 0.297 e. The van der Waals surface area contributed by atoms with E-state index in [1.165, 1.54) is 12.1 Å². The smallest absolute Gasteiger partial charge is 0.263 e. The summed E-state index contributed by atoms with van der Waals surface area (Å²) >= 11 is 0. The van der Waals surface area contributed by atoms with Crippen LogP contribution in [0.1, 0.15) is 38.2 Å². The van der Waals surface area contributed by atoms with Crippen molar-refractivity contribution < 1.29 is 17.0 Å². The molecule has 0 bridgehead atoms. The molecule has 0 aliphatic heterocycles. The van der Waals surface area contributed by atoms with Gasteiger partial charge in [0, 0.05) is 0 Å². The quantitative estimate of drug-likeness (QED) is 0.542. The number of unbranched alkanes of at least 4 members (excludes halogenated alkanes) is 2. The molecule has 19 heavy (non-hydrogen) atoms. The Balaban J connectivity index is 2.49. The fourth-order valence-electron chi connectivity index (χ4n) is 1.64. The Morgan fingerprint density at radius 3 is 2.42 bits per heavy atom. The van der Waals surface area contributed by atoms with Gasteiger partial charge in [0.1, 0.15) is 6.17 Å². The Labute approximate surface area is 114 Å². The predicted octanol–water partition coefficient (Wildman–Crippen LogP) is 3.62. The number of alkyl halides is 1. The molecule has 1 rings (SSSR count). The topological polar surface area (TPSA) is 43.4 Å². The van der Waals surface area contributed by atoms with Gasteiger partial charge in [-0.05, 0) is 25.5 Å². The molecule has 5 heteroatoms. The van der Waals surface area contributed by atoms with E-state index >= 15 is 0 Å². The molecule has 0 N–H and O–H groups in total. The summed E-state index contributed by atoms with van der Waals surface area (Å²) in [5.41, 5.74) is 0.960. The maximum atomic E-state index is 13.4. The standard InChI is InChI=1S/C14H21FO3S/c1-3-4-5-6-13(15)11-18-19(16,17)14-9-7-12(2)8-10-14/h7-10,13H,3-6,11H2,1-2H3/t13-/m0/s1. The Hall–Kier alpha value is -0.940. The molecule has 0 aliphatic carbocycles. The van der Waals surface area contributed by atoms with E-state index in [-0.39, 0.29) is 4.90 Å². The second-order valence-corrected chi connectivity index (χ2v) is 6.26. The van der Waals surface area contributed by atoms with Gasteiger partial charge in [0.15, 0.2) is 0 Å². The largest absolute Gasteiger partial charge is 0.297 e. The minimum Gasteiger partial charge on any atom is -0.263 e. The van der Waals surface area contributed by atoms with Crippen molar-refractivity contribution in [1.29, 1.82) is 0 Å². The number of halogens is 1. The molecule has 0 aliphatic rings. The average molecular weight is 288 g/mol. The van der Waals surface area contributed by atoms with Crippen molar-refractivity contribution in [3.8, 4) is 0 Å². The molecule has 0 unspecified atom stereocenters. The Morgan fingerprint density at radius 2 is 1.84 bits per heavy atom. The van der Waals surface area contributed by atoms with Gasteiger partial charge < -0.3 is 0 Å². The van der Waals surface area contributed by atoms with E-state index in [1.54, 1.807) is 12.1 Å². The molecule has 1 atom stereocenters. The molecule has 0 fully saturated rings. The zero-order chi connectivity index (χ0) is 14.3. The van der Waals surface area contributed by atoms with E-state index in [9.17, 15) is 12.8 Å². The molecule has 108 valence electrons. The van der Waals surface area contributed by atoms with Crippen LogP contribution in [0.25, 0.3) is 0 Å². The lowest BCUT2D eigenvalue weighted by Gasteiger charge is -2.09. The molecule has 0 spiro atoms. The molecule has 0 saturated carbocycles. The summed E-state index contributed by atoms with van der Waals surface area (Å²) in [6.45, 7) is 3.49. The summed E-state index contributed by atoms with van der Waals surface area (Å²) < 4.78 is 41.8. The highest BCUT2D eigenvalue weighted by atomic mass is 32.2. The highest BCUT2D eigenvalue weighted by molar-refractivity contribution is 7.86. The number of aryl methyl sites for hydroxylation is 1. The van der Waals surface area contributed by atoms with Gasteiger partial charge in [0.25, 0.3) is 10.1 Å². The minimum atomic E-state index is -3.84. The molecule has 1 aromatic carbocycles. The number of benzene rings is 1. The van der Waals surface area contributed by atoms with Gasteiger partial charge >= 0.3 is 0 Å². The molecular formula is C14H21FO3S.